The first kappa shape index (κ1) is 11.0. The summed E-state index contributed by atoms with van der Waals surface area (Å²) in [5.74, 6) is -0.816. The van der Waals surface area contributed by atoms with Crippen LogP contribution in [-0.4, -0.2) is 22.6 Å². The number of aromatic nitrogens is 1. The Bertz CT molecular complexity index is 384. The zero-order valence-electron chi connectivity index (χ0n) is 8.10. The van der Waals surface area contributed by atoms with Crippen LogP contribution in [0.15, 0.2) is 18.5 Å². The molecule has 0 atom stereocenters. The summed E-state index contributed by atoms with van der Waals surface area (Å²) in [6, 6.07) is 3.64. The molecule has 0 saturated heterocycles. The molecule has 0 spiro atoms. The number of hydrogen-bond acceptors (Lipinski definition) is 4. The van der Waals surface area contributed by atoms with Crippen molar-refractivity contribution in [3.05, 3.63) is 24.0 Å². The molecule has 78 valence electrons. The van der Waals surface area contributed by atoms with Gasteiger partial charge in [0.1, 0.15) is 6.07 Å². The fourth-order valence-electron chi connectivity index (χ4n) is 1.10. The molecule has 0 unspecified atom stereocenters. The van der Waals surface area contributed by atoms with Gasteiger partial charge in [-0.25, -0.2) is 0 Å². The number of carboxylic acid groups (broad SMARTS) is 1. The van der Waals surface area contributed by atoms with Gasteiger partial charge >= 0.3 is 5.97 Å². The molecule has 0 bridgehead atoms. The highest BCUT2D eigenvalue weighted by molar-refractivity contribution is 5.66. The molecule has 0 saturated carbocycles. The maximum atomic E-state index is 10.2. The first-order chi connectivity index (χ1) is 7.24. The molecule has 0 aliphatic heterocycles. The first-order valence-electron chi connectivity index (χ1n) is 4.54. The van der Waals surface area contributed by atoms with Crippen molar-refractivity contribution in [2.75, 3.05) is 11.9 Å². The van der Waals surface area contributed by atoms with E-state index in [2.05, 4.69) is 10.3 Å². The van der Waals surface area contributed by atoms with Gasteiger partial charge in [0.25, 0.3) is 0 Å². The molecule has 1 aromatic heterocycles. The van der Waals surface area contributed by atoms with Gasteiger partial charge in [0, 0.05) is 19.2 Å². The van der Waals surface area contributed by atoms with Gasteiger partial charge in [-0.3, -0.25) is 9.78 Å². The van der Waals surface area contributed by atoms with Crippen molar-refractivity contribution < 1.29 is 9.90 Å². The molecule has 0 fully saturated rings. The lowest BCUT2D eigenvalue weighted by Gasteiger charge is -2.05. The van der Waals surface area contributed by atoms with Crippen LogP contribution >= 0.6 is 0 Å². The van der Waals surface area contributed by atoms with Crippen LogP contribution in [0.4, 0.5) is 5.69 Å². The summed E-state index contributed by atoms with van der Waals surface area (Å²) >= 11 is 0. The number of nitriles is 1. The van der Waals surface area contributed by atoms with Crippen molar-refractivity contribution in [2.45, 2.75) is 12.8 Å². The van der Waals surface area contributed by atoms with Crippen LogP contribution in [-0.2, 0) is 4.79 Å². The molecule has 1 aromatic rings. The van der Waals surface area contributed by atoms with Crippen LogP contribution in [0.2, 0.25) is 0 Å². The van der Waals surface area contributed by atoms with Gasteiger partial charge in [0.2, 0.25) is 0 Å². The number of anilines is 1. The predicted octanol–water partition coefficient (Wildman–Crippen LogP) is 1.23. The Morgan fingerprint density at radius 3 is 3.13 bits per heavy atom. The number of carbonyl (C=O) groups is 1. The van der Waals surface area contributed by atoms with E-state index < -0.39 is 5.97 Å². The number of carboxylic acids is 1. The van der Waals surface area contributed by atoms with E-state index in [1.165, 1.54) is 0 Å². The Balaban J connectivity index is 2.44. The SMILES string of the molecule is N#Cc1ccncc1NCCCC(=O)O. The first-order valence-corrected chi connectivity index (χ1v) is 4.54. The van der Waals surface area contributed by atoms with Crippen molar-refractivity contribution in [3.8, 4) is 6.07 Å². The molecule has 5 heteroatoms. The molecule has 0 amide bonds. The summed E-state index contributed by atoms with van der Waals surface area (Å²) < 4.78 is 0. The predicted molar refractivity (Wildman–Crippen MR) is 54.3 cm³/mol. The van der Waals surface area contributed by atoms with Gasteiger partial charge in [-0.2, -0.15) is 5.26 Å². The molecule has 2 N–H and O–H groups in total. The molecule has 5 nitrogen and oxygen atoms in total. The summed E-state index contributed by atoms with van der Waals surface area (Å²) in [4.78, 5) is 14.1. The van der Waals surface area contributed by atoms with Crippen LogP contribution in [0.3, 0.4) is 0 Å². The summed E-state index contributed by atoms with van der Waals surface area (Å²) in [6.07, 6.45) is 3.74. The molecule has 0 aliphatic carbocycles. The van der Waals surface area contributed by atoms with Crippen molar-refractivity contribution in [2.24, 2.45) is 0 Å². The van der Waals surface area contributed by atoms with Gasteiger partial charge in [-0.15, -0.1) is 0 Å². The van der Waals surface area contributed by atoms with Crippen LogP contribution < -0.4 is 5.32 Å². The number of nitrogens with one attached hydrogen (secondary N) is 1. The minimum Gasteiger partial charge on any atom is -0.481 e. The standard InChI is InChI=1S/C10H11N3O2/c11-6-8-3-5-12-7-9(8)13-4-1-2-10(14)15/h3,5,7,13H,1-2,4H2,(H,14,15). The van der Waals surface area contributed by atoms with Crippen LogP contribution in [0.5, 0.6) is 0 Å². The topological polar surface area (TPSA) is 86.0 Å². The van der Waals surface area contributed by atoms with E-state index in [9.17, 15) is 4.79 Å². The Hall–Kier alpha value is -2.09. The van der Waals surface area contributed by atoms with Crippen molar-refractivity contribution in [1.82, 2.24) is 4.98 Å². The van der Waals surface area contributed by atoms with E-state index >= 15 is 0 Å². The number of aliphatic carboxylic acids is 1. The van der Waals surface area contributed by atoms with E-state index in [-0.39, 0.29) is 6.42 Å². The summed E-state index contributed by atoms with van der Waals surface area (Å²) in [6.45, 7) is 0.521. The lowest BCUT2D eigenvalue weighted by molar-refractivity contribution is -0.137. The molecular weight excluding hydrogens is 194 g/mol. The highest BCUT2D eigenvalue weighted by atomic mass is 16.4. The quantitative estimate of drug-likeness (QED) is 0.706. The lowest BCUT2D eigenvalue weighted by Crippen LogP contribution is -2.06. The molecule has 15 heavy (non-hydrogen) atoms. The van der Waals surface area contributed by atoms with Gasteiger partial charge in [0.05, 0.1) is 17.4 Å². The lowest BCUT2D eigenvalue weighted by atomic mass is 10.2. The van der Waals surface area contributed by atoms with E-state index in [0.29, 0.717) is 24.2 Å². The van der Waals surface area contributed by atoms with E-state index in [1.807, 2.05) is 6.07 Å². The zero-order valence-corrected chi connectivity index (χ0v) is 8.10. The molecule has 1 rings (SSSR count). The third-order valence-electron chi connectivity index (χ3n) is 1.82. The molecule has 1 heterocycles. The third kappa shape index (κ3) is 3.65. The van der Waals surface area contributed by atoms with Crippen LogP contribution in [0.1, 0.15) is 18.4 Å². The minimum atomic E-state index is -0.816. The largest absolute Gasteiger partial charge is 0.481 e. The zero-order chi connectivity index (χ0) is 11.1. The second kappa shape index (κ2) is 5.60. The van der Waals surface area contributed by atoms with Crippen LogP contribution in [0, 0.1) is 11.3 Å². The van der Waals surface area contributed by atoms with Crippen molar-refractivity contribution in [1.29, 1.82) is 5.26 Å². The average molecular weight is 205 g/mol. The molecule has 0 radical (unpaired) electrons. The highest BCUT2D eigenvalue weighted by Gasteiger charge is 2.01. The minimum absolute atomic E-state index is 0.120. The molecule has 0 aliphatic rings. The summed E-state index contributed by atoms with van der Waals surface area (Å²) in [5, 5.41) is 20.1. The Labute approximate surface area is 87.4 Å². The summed E-state index contributed by atoms with van der Waals surface area (Å²) in [7, 11) is 0. The molecular formula is C10H11N3O2. The van der Waals surface area contributed by atoms with Crippen molar-refractivity contribution >= 4 is 11.7 Å². The monoisotopic (exact) mass is 205 g/mol. The highest BCUT2D eigenvalue weighted by Crippen LogP contribution is 2.11. The number of pyridine rings is 1. The smallest absolute Gasteiger partial charge is 0.303 e. The maximum absolute atomic E-state index is 10.2. The average Bonchev–Trinajstić information content (AvgIpc) is 2.24. The summed E-state index contributed by atoms with van der Waals surface area (Å²) in [5.41, 5.74) is 1.16. The van der Waals surface area contributed by atoms with Gasteiger partial charge in [0.15, 0.2) is 0 Å². The normalized spacial score (nSPS) is 9.27. The number of rotatable bonds is 5. The number of nitrogens with zero attached hydrogens (tertiary/aromatic N) is 2. The second-order valence-corrected chi connectivity index (χ2v) is 2.96. The fraction of sp³-hybridized carbons (Fsp3) is 0.300. The number of hydrogen-bond donors (Lipinski definition) is 2. The van der Waals surface area contributed by atoms with Gasteiger partial charge in [-0.1, -0.05) is 0 Å². The Kier molecular flexibility index (Phi) is 4.10. The Morgan fingerprint density at radius 2 is 2.47 bits per heavy atom. The van der Waals surface area contributed by atoms with Gasteiger partial charge < -0.3 is 10.4 Å². The van der Waals surface area contributed by atoms with Crippen LogP contribution in [0.25, 0.3) is 0 Å². The third-order valence-corrected chi connectivity index (χ3v) is 1.82. The molecule has 0 aromatic carbocycles. The van der Waals surface area contributed by atoms with Crippen molar-refractivity contribution in [3.63, 3.8) is 0 Å². The van der Waals surface area contributed by atoms with E-state index in [1.54, 1.807) is 18.5 Å². The fourth-order valence-corrected chi connectivity index (χ4v) is 1.10. The van der Waals surface area contributed by atoms with E-state index in [0.717, 1.165) is 0 Å². The maximum Gasteiger partial charge on any atom is 0.303 e. The second-order valence-electron chi connectivity index (χ2n) is 2.96. The Morgan fingerprint density at radius 1 is 1.67 bits per heavy atom. The van der Waals surface area contributed by atoms with Gasteiger partial charge in [-0.05, 0) is 12.5 Å². The van der Waals surface area contributed by atoms with E-state index in [4.69, 9.17) is 10.4 Å².